The zero-order valence-corrected chi connectivity index (χ0v) is 21.3. The fraction of sp³-hybridized carbons (Fsp3) is 0.118. The highest BCUT2D eigenvalue weighted by Gasteiger charge is 2.14. The van der Waals surface area contributed by atoms with Crippen molar-refractivity contribution in [1.82, 2.24) is 0 Å². The third kappa shape index (κ3) is 4.81. The molecule has 0 saturated carbocycles. The first-order chi connectivity index (χ1) is 18.1. The Morgan fingerprint density at radius 3 is 1.32 bits per heavy atom. The van der Waals surface area contributed by atoms with E-state index in [1.54, 1.807) is 0 Å². The summed E-state index contributed by atoms with van der Waals surface area (Å²) in [7, 11) is 4.23. The number of aromatic nitrogens is 2. The summed E-state index contributed by atoms with van der Waals surface area (Å²) in [6.45, 7) is 0. The van der Waals surface area contributed by atoms with E-state index in [0.717, 1.165) is 24.3 Å². The molecule has 6 rings (SSSR count). The molecule has 0 saturated heterocycles. The van der Waals surface area contributed by atoms with Gasteiger partial charge < -0.3 is 4.74 Å². The van der Waals surface area contributed by atoms with E-state index in [0.29, 0.717) is 0 Å². The Kier molecular flexibility index (Phi) is 6.11. The topological polar surface area (TPSA) is 17.0 Å². The molecule has 0 bridgehead atoms. The first-order valence-electron chi connectivity index (χ1n) is 12.7. The van der Waals surface area contributed by atoms with Gasteiger partial charge in [0, 0.05) is 22.9 Å². The molecule has 0 aliphatic carbocycles. The number of fused-ring (bicyclic) bond motifs is 2. The van der Waals surface area contributed by atoms with Crippen LogP contribution in [0.25, 0.3) is 21.5 Å². The van der Waals surface area contributed by atoms with E-state index in [-0.39, 0.29) is 0 Å². The van der Waals surface area contributed by atoms with Crippen molar-refractivity contribution in [3.8, 4) is 11.5 Å². The van der Waals surface area contributed by atoms with Crippen LogP contribution in [0.1, 0.15) is 22.5 Å². The molecule has 0 atom stereocenters. The first kappa shape index (κ1) is 22.9. The summed E-state index contributed by atoms with van der Waals surface area (Å²) >= 11 is 0. The number of pyridine rings is 2. The fourth-order valence-corrected chi connectivity index (χ4v) is 5.07. The molecule has 0 fully saturated rings. The van der Waals surface area contributed by atoms with Crippen molar-refractivity contribution in [2.45, 2.75) is 12.8 Å². The maximum Gasteiger partial charge on any atom is 0.193 e. The van der Waals surface area contributed by atoms with Crippen LogP contribution in [0.5, 0.6) is 11.5 Å². The van der Waals surface area contributed by atoms with Crippen molar-refractivity contribution in [2.24, 2.45) is 14.1 Å². The molecule has 0 aliphatic rings. The molecule has 3 heteroatoms. The molecule has 2 heterocycles. The second kappa shape index (κ2) is 9.87. The second-order valence-corrected chi connectivity index (χ2v) is 9.66. The van der Waals surface area contributed by atoms with E-state index in [9.17, 15) is 0 Å². The number of ether oxygens (including phenoxy) is 1. The van der Waals surface area contributed by atoms with Crippen molar-refractivity contribution < 1.29 is 13.9 Å². The van der Waals surface area contributed by atoms with E-state index in [1.807, 2.05) is 0 Å². The molecule has 2 aromatic heterocycles. The number of aryl methyl sites for hydroxylation is 2. The summed E-state index contributed by atoms with van der Waals surface area (Å²) in [5.41, 5.74) is 5.14. The van der Waals surface area contributed by atoms with Crippen LogP contribution in [0.15, 0.2) is 122 Å². The average Bonchev–Trinajstić information content (AvgIpc) is 2.94. The van der Waals surface area contributed by atoms with Crippen LogP contribution < -0.4 is 13.9 Å². The van der Waals surface area contributed by atoms with Gasteiger partial charge in [0.15, 0.2) is 23.8 Å². The number of rotatable bonds is 6. The average molecular weight is 483 g/mol. The van der Waals surface area contributed by atoms with Gasteiger partial charge in [-0.15, -0.1) is 0 Å². The highest BCUT2D eigenvalue weighted by molar-refractivity contribution is 5.84. The van der Waals surface area contributed by atoms with Crippen LogP contribution in [0.4, 0.5) is 0 Å². The summed E-state index contributed by atoms with van der Waals surface area (Å²) < 4.78 is 10.6. The summed E-state index contributed by atoms with van der Waals surface area (Å²) in [5.74, 6) is 1.69. The Morgan fingerprint density at radius 2 is 0.892 bits per heavy atom. The fourth-order valence-electron chi connectivity index (χ4n) is 5.07. The molecule has 37 heavy (non-hydrogen) atoms. The minimum atomic E-state index is 0.847. The van der Waals surface area contributed by atoms with Gasteiger partial charge in [0.05, 0.1) is 12.8 Å². The molecule has 6 aromatic rings. The molecule has 0 amide bonds. The Balaban J connectivity index is 1.16. The van der Waals surface area contributed by atoms with Gasteiger partial charge >= 0.3 is 0 Å². The molecule has 0 spiro atoms. The van der Waals surface area contributed by atoms with Crippen LogP contribution >= 0.6 is 0 Å². The van der Waals surface area contributed by atoms with Crippen molar-refractivity contribution in [2.75, 3.05) is 0 Å². The monoisotopic (exact) mass is 482 g/mol. The van der Waals surface area contributed by atoms with E-state index < -0.39 is 0 Å². The third-order valence-electron chi connectivity index (χ3n) is 7.18. The molecule has 0 radical (unpaired) electrons. The van der Waals surface area contributed by atoms with Gasteiger partial charge in [-0.1, -0.05) is 60.7 Å². The predicted molar refractivity (Wildman–Crippen MR) is 149 cm³/mol. The second-order valence-electron chi connectivity index (χ2n) is 9.66. The molecule has 0 N–H and O–H groups in total. The number of nitrogens with zero attached hydrogens (tertiary/aromatic N) is 2. The Labute approximate surface area is 217 Å². The van der Waals surface area contributed by atoms with Gasteiger partial charge in [-0.05, 0) is 58.3 Å². The van der Waals surface area contributed by atoms with Gasteiger partial charge in [0.1, 0.15) is 25.6 Å². The zero-order valence-electron chi connectivity index (χ0n) is 21.3. The van der Waals surface area contributed by atoms with Crippen LogP contribution in [0.2, 0.25) is 0 Å². The number of benzene rings is 4. The molecular formula is C34H30N2O+2. The number of hydrogen-bond acceptors (Lipinski definition) is 1. The van der Waals surface area contributed by atoms with Crippen molar-refractivity contribution >= 4 is 21.5 Å². The highest BCUT2D eigenvalue weighted by atomic mass is 16.5. The molecule has 3 nitrogen and oxygen atoms in total. The lowest BCUT2D eigenvalue weighted by Gasteiger charge is -2.09. The van der Waals surface area contributed by atoms with Gasteiger partial charge in [0.2, 0.25) is 0 Å². The maximum absolute atomic E-state index is 6.17. The summed E-state index contributed by atoms with van der Waals surface area (Å²) in [5, 5.41) is 5.14. The third-order valence-corrected chi connectivity index (χ3v) is 7.18. The van der Waals surface area contributed by atoms with Crippen molar-refractivity contribution in [3.63, 3.8) is 0 Å². The minimum Gasteiger partial charge on any atom is -0.457 e. The minimum absolute atomic E-state index is 0.847. The normalized spacial score (nSPS) is 11.2. The Bertz CT molecular complexity index is 1570. The lowest BCUT2D eigenvalue weighted by atomic mass is 10.0. The van der Waals surface area contributed by atoms with E-state index in [2.05, 4.69) is 145 Å². The van der Waals surface area contributed by atoms with E-state index >= 15 is 0 Å². The van der Waals surface area contributed by atoms with Gasteiger partial charge in [-0.25, -0.2) is 9.13 Å². The van der Waals surface area contributed by atoms with Crippen LogP contribution in [0, 0.1) is 0 Å². The SMILES string of the molecule is C[n+]1ccc2ccccc2c1Cc1ccc(Oc2ccc(Cc3c4ccccc4cc[n+]3C)cc2)cc1. The maximum atomic E-state index is 6.17. The molecule has 0 unspecified atom stereocenters. The largest absolute Gasteiger partial charge is 0.457 e. The van der Waals surface area contributed by atoms with Crippen LogP contribution in [0.3, 0.4) is 0 Å². The van der Waals surface area contributed by atoms with Crippen LogP contribution in [-0.4, -0.2) is 0 Å². The molecular weight excluding hydrogens is 452 g/mol. The molecule has 180 valence electrons. The Morgan fingerprint density at radius 1 is 0.486 bits per heavy atom. The molecule has 0 aliphatic heterocycles. The number of hydrogen-bond donors (Lipinski definition) is 0. The van der Waals surface area contributed by atoms with Gasteiger partial charge in [0.25, 0.3) is 0 Å². The lowest BCUT2D eigenvalue weighted by Crippen LogP contribution is -2.33. The van der Waals surface area contributed by atoms with E-state index in [1.165, 1.54) is 44.1 Å². The summed E-state index contributed by atoms with van der Waals surface area (Å²) in [6.07, 6.45) is 6.02. The summed E-state index contributed by atoms with van der Waals surface area (Å²) in [6, 6.07) is 38.4. The highest BCUT2D eigenvalue weighted by Crippen LogP contribution is 2.25. The predicted octanol–water partition coefficient (Wildman–Crippen LogP) is 6.62. The van der Waals surface area contributed by atoms with E-state index in [4.69, 9.17) is 4.74 Å². The van der Waals surface area contributed by atoms with Gasteiger partial charge in [-0.3, -0.25) is 0 Å². The summed E-state index contributed by atoms with van der Waals surface area (Å²) in [4.78, 5) is 0. The first-order valence-corrected chi connectivity index (χ1v) is 12.7. The van der Waals surface area contributed by atoms with Gasteiger partial charge in [-0.2, -0.15) is 0 Å². The van der Waals surface area contributed by atoms with Crippen LogP contribution in [-0.2, 0) is 26.9 Å². The molecule has 4 aromatic carbocycles. The lowest BCUT2D eigenvalue weighted by molar-refractivity contribution is -0.677. The Hall–Kier alpha value is -4.50. The standard InChI is InChI=1S/C34H30N2O/c1-35-21-19-27-7-3-5-9-31(27)33(35)23-25-11-15-29(16-12-25)37-30-17-13-26(14-18-30)24-34-32-10-6-4-8-28(32)20-22-36(34)2/h3-22H,23-24H2,1-2H3/q+2. The quantitative estimate of drug-likeness (QED) is 0.244. The zero-order chi connectivity index (χ0) is 25.2. The van der Waals surface area contributed by atoms with Crippen molar-refractivity contribution in [1.29, 1.82) is 0 Å². The smallest absolute Gasteiger partial charge is 0.193 e. The van der Waals surface area contributed by atoms with Crippen molar-refractivity contribution in [3.05, 3.63) is 144 Å².